The van der Waals surface area contributed by atoms with Crippen molar-refractivity contribution in [2.24, 2.45) is 0 Å². The van der Waals surface area contributed by atoms with E-state index in [1.165, 1.54) is 0 Å². The Balaban J connectivity index is 1.90. The topological polar surface area (TPSA) is 66.9 Å². The minimum absolute atomic E-state index is 0.0143. The van der Waals surface area contributed by atoms with E-state index in [0.29, 0.717) is 18.3 Å². The van der Waals surface area contributed by atoms with Crippen LogP contribution in [0.1, 0.15) is 37.9 Å². The molecule has 0 atom stereocenters. The molecule has 6 heteroatoms. The molecule has 0 aromatic carbocycles. The number of aromatic nitrogens is 2. The zero-order chi connectivity index (χ0) is 13.0. The molecule has 2 N–H and O–H groups in total. The van der Waals surface area contributed by atoms with Gasteiger partial charge in [0.1, 0.15) is 16.2 Å². The molecule has 18 heavy (non-hydrogen) atoms. The first-order valence-corrected chi connectivity index (χ1v) is 7.03. The average molecular weight is 313 g/mol. The van der Waals surface area contributed by atoms with Gasteiger partial charge in [0, 0.05) is 18.5 Å². The second-order valence-corrected chi connectivity index (χ2v) is 5.22. The van der Waals surface area contributed by atoms with Gasteiger partial charge in [0.25, 0.3) is 0 Å². The molecule has 1 aliphatic carbocycles. The molecule has 0 spiro atoms. The van der Waals surface area contributed by atoms with Crippen molar-refractivity contribution in [3.8, 4) is 0 Å². The van der Waals surface area contributed by atoms with E-state index in [4.69, 9.17) is 0 Å². The second kappa shape index (κ2) is 6.13. The van der Waals surface area contributed by atoms with Crippen molar-refractivity contribution in [1.82, 2.24) is 15.3 Å². The summed E-state index contributed by atoms with van der Waals surface area (Å²) in [6.45, 7) is 2.98. The predicted octanol–water partition coefficient (Wildman–Crippen LogP) is 2.05. The van der Waals surface area contributed by atoms with Gasteiger partial charge in [-0.15, -0.1) is 0 Å². The van der Waals surface area contributed by atoms with Gasteiger partial charge in [-0.3, -0.25) is 4.79 Å². The first-order chi connectivity index (χ1) is 8.69. The molecule has 1 heterocycles. The smallest absolute Gasteiger partial charge is 0.239 e. The fraction of sp³-hybridized carbons (Fsp3) is 0.583. The zero-order valence-corrected chi connectivity index (χ0v) is 12.0. The zero-order valence-electron chi connectivity index (χ0n) is 10.4. The Morgan fingerprint density at radius 3 is 2.94 bits per heavy atom. The number of hydrogen-bond donors (Lipinski definition) is 2. The quantitative estimate of drug-likeness (QED) is 0.789. The molecule has 0 aliphatic heterocycles. The maximum absolute atomic E-state index is 11.5. The first-order valence-electron chi connectivity index (χ1n) is 6.24. The van der Waals surface area contributed by atoms with Crippen LogP contribution < -0.4 is 10.6 Å². The Labute approximate surface area is 115 Å². The molecule has 0 saturated heterocycles. The number of carbonyl (C=O) groups is 1. The number of halogens is 1. The van der Waals surface area contributed by atoms with Crippen molar-refractivity contribution < 1.29 is 4.79 Å². The molecule has 0 unspecified atom stereocenters. The molecule has 5 nitrogen and oxygen atoms in total. The lowest BCUT2D eigenvalue weighted by Crippen LogP contribution is -2.30. The summed E-state index contributed by atoms with van der Waals surface area (Å²) in [6.07, 6.45) is 3.26. The minimum atomic E-state index is -0.0143. The van der Waals surface area contributed by atoms with Crippen LogP contribution in [-0.4, -0.2) is 29.0 Å². The number of carbonyl (C=O) groups excluding carboxylic acids is 1. The Morgan fingerprint density at radius 1 is 1.50 bits per heavy atom. The highest BCUT2D eigenvalue weighted by Crippen LogP contribution is 2.38. The van der Waals surface area contributed by atoms with Crippen LogP contribution in [0.3, 0.4) is 0 Å². The summed E-state index contributed by atoms with van der Waals surface area (Å²) >= 11 is 3.37. The third-order valence-corrected chi connectivity index (χ3v) is 3.06. The van der Waals surface area contributed by atoms with Gasteiger partial charge in [0.15, 0.2) is 0 Å². The molecular weight excluding hydrogens is 296 g/mol. The van der Waals surface area contributed by atoms with Crippen molar-refractivity contribution in [2.75, 3.05) is 18.4 Å². The van der Waals surface area contributed by atoms with Gasteiger partial charge < -0.3 is 10.6 Å². The number of nitrogens with one attached hydrogen (secondary N) is 2. The summed E-state index contributed by atoms with van der Waals surface area (Å²) in [4.78, 5) is 20.2. The SMILES string of the molecule is CCCNC(=O)CNc1cc(Br)nc(C2CC2)n1. The summed E-state index contributed by atoms with van der Waals surface area (Å²) in [5.74, 6) is 2.04. The predicted molar refractivity (Wildman–Crippen MR) is 73.5 cm³/mol. The standard InChI is InChI=1S/C12H17BrN4O/c1-2-5-14-11(18)7-15-10-6-9(13)16-12(17-10)8-3-4-8/h6,8H,2-5,7H2,1H3,(H,14,18)(H,15,16,17). The molecular formula is C12H17BrN4O. The van der Waals surface area contributed by atoms with E-state index in [1.807, 2.05) is 6.92 Å². The fourth-order valence-electron chi connectivity index (χ4n) is 1.55. The van der Waals surface area contributed by atoms with Crippen LogP contribution in [0.4, 0.5) is 5.82 Å². The second-order valence-electron chi connectivity index (χ2n) is 4.41. The summed E-state index contributed by atoms with van der Waals surface area (Å²) in [5.41, 5.74) is 0. The van der Waals surface area contributed by atoms with Crippen molar-refractivity contribution in [2.45, 2.75) is 32.1 Å². The van der Waals surface area contributed by atoms with E-state index < -0.39 is 0 Å². The summed E-state index contributed by atoms with van der Waals surface area (Å²) in [5, 5.41) is 5.83. The van der Waals surface area contributed by atoms with E-state index in [0.717, 1.165) is 29.7 Å². The van der Waals surface area contributed by atoms with Crippen LogP contribution in [0, 0.1) is 0 Å². The van der Waals surface area contributed by atoms with E-state index in [-0.39, 0.29) is 12.5 Å². The maximum Gasteiger partial charge on any atom is 0.239 e. The van der Waals surface area contributed by atoms with Crippen molar-refractivity contribution in [1.29, 1.82) is 0 Å². The van der Waals surface area contributed by atoms with Crippen LogP contribution in [0.2, 0.25) is 0 Å². The highest BCUT2D eigenvalue weighted by atomic mass is 79.9. The van der Waals surface area contributed by atoms with Crippen LogP contribution in [0.15, 0.2) is 10.7 Å². The lowest BCUT2D eigenvalue weighted by molar-refractivity contribution is -0.119. The molecule has 1 amide bonds. The molecule has 1 aliphatic rings. The Bertz CT molecular complexity index is 434. The normalized spacial score (nSPS) is 14.3. The average Bonchev–Trinajstić information content (AvgIpc) is 3.17. The van der Waals surface area contributed by atoms with Crippen LogP contribution >= 0.6 is 15.9 Å². The third-order valence-electron chi connectivity index (χ3n) is 2.66. The molecule has 2 rings (SSSR count). The largest absolute Gasteiger partial charge is 0.361 e. The van der Waals surface area contributed by atoms with E-state index in [2.05, 4.69) is 36.5 Å². The monoisotopic (exact) mass is 312 g/mol. The van der Waals surface area contributed by atoms with Gasteiger partial charge >= 0.3 is 0 Å². The molecule has 98 valence electrons. The minimum Gasteiger partial charge on any atom is -0.361 e. The summed E-state index contributed by atoms with van der Waals surface area (Å²) < 4.78 is 0.760. The van der Waals surface area contributed by atoms with Crippen LogP contribution in [0.5, 0.6) is 0 Å². The van der Waals surface area contributed by atoms with Gasteiger partial charge in [-0.05, 0) is 35.2 Å². The third kappa shape index (κ3) is 3.94. The van der Waals surface area contributed by atoms with Gasteiger partial charge in [-0.25, -0.2) is 9.97 Å². The lowest BCUT2D eigenvalue weighted by Gasteiger charge is -2.08. The van der Waals surface area contributed by atoms with Gasteiger partial charge in [-0.2, -0.15) is 0 Å². The Morgan fingerprint density at radius 2 is 2.28 bits per heavy atom. The molecule has 1 aromatic heterocycles. The number of nitrogens with zero attached hydrogens (tertiary/aromatic N) is 2. The highest BCUT2D eigenvalue weighted by molar-refractivity contribution is 9.10. The van der Waals surface area contributed by atoms with E-state index in [9.17, 15) is 4.79 Å². The number of amides is 1. The van der Waals surface area contributed by atoms with Crippen LogP contribution in [-0.2, 0) is 4.79 Å². The molecule has 0 radical (unpaired) electrons. The number of hydrogen-bond acceptors (Lipinski definition) is 4. The van der Waals surface area contributed by atoms with Gasteiger partial charge in [0.2, 0.25) is 5.91 Å². The van der Waals surface area contributed by atoms with Crippen molar-refractivity contribution in [3.63, 3.8) is 0 Å². The van der Waals surface area contributed by atoms with E-state index >= 15 is 0 Å². The van der Waals surface area contributed by atoms with Crippen molar-refractivity contribution >= 4 is 27.7 Å². The van der Waals surface area contributed by atoms with Gasteiger partial charge in [0.05, 0.1) is 6.54 Å². The van der Waals surface area contributed by atoms with Gasteiger partial charge in [-0.1, -0.05) is 6.92 Å². The summed E-state index contributed by atoms with van der Waals surface area (Å²) in [7, 11) is 0. The highest BCUT2D eigenvalue weighted by Gasteiger charge is 2.27. The molecule has 0 bridgehead atoms. The molecule has 1 aromatic rings. The molecule has 1 saturated carbocycles. The molecule has 1 fully saturated rings. The van der Waals surface area contributed by atoms with Crippen molar-refractivity contribution in [3.05, 3.63) is 16.5 Å². The number of rotatable bonds is 6. The maximum atomic E-state index is 11.5. The first kappa shape index (κ1) is 13.3. The van der Waals surface area contributed by atoms with Crippen LogP contribution in [0.25, 0.3) is 0 Å². The Hall–Kier alpha value is -1.17. The number of anilines is 1. The Kier molecular flexibility index (Phi) is 4.52. The summed E-state index contributed by atoms with van der Waals surface area (Å²) in [6, 6.07) is 1.79. The lowest BCUT2D eigenvalue weighted by atomic mass is 10.4. The van der Waals surface area contributed by atoms with E-state index in [1.54, 1.807) is 6.07 Å². The fourth-order valence-corrected chi connectivity index (χ4v) is 1.95.